The van der Waals surface area contributed by atoms with Gasteiger partial charge in [0.2, 0.25) is 23.1 Å². The van der Waals surface area contributed by atoms with Crippen molar-refractivity contribution in [1.82, 2.24) is 0 Å². The van der Waals surface area contributed by atoms with Crippen molar-refractivity contribution in [2.24, 2.45) is 5.92 Å². The van der Waals surface area contributed by atoms with Crippen LogP contribution in [0.15, 0.2) is 78.9 Å². The van der Waals surface area contributed by atoms with Crippen LogP contribution in [-0.2, 0) is 49.3 Å². The fourth-order valence-electron chi connectivity index (χ4n) is 6.19. The Hall–Kier alpha value is -4.89. The van der Waals surface area contributed by atoms with Crippen LogP contribution in [0.25, 0.3) is 6.08 Å². The first-order valence-corrected chi connectivity index (χ1v) is 14.9. The number of carboxylic acid groups (broad SMARTS) is 3. The standard InChI is InChI=1S/C34H36O14/c1-19(25(45-21(3)35)20(2)18-23-12-8-5-9-13-23)16-17-32-26(37)27(46-24(36)15-14-22-10-6-4-7-11-22)34(48-32,31(42)43)33(44,30(40)41)28(47-32)29(38)39/h4-15,20,25-28,37,44H,1,16-18H2,2-3H3,(H,38,39)(H,40,41)(H,42,43)/t20-,25-,26-,27-,28-,32+,33-,34+/m1/s1. The summed E-state index contributed by atoms with van der Waals surface area (Å²) in [6.45, 7) is 6.99. The number of carboxylic acids is 3. The van der Waals surface area contributed by atoms with Gasteiger partial charge in [0.25, 0.3) is 0 Å². The Kier molecular flexibility index (Phi) is 10.5. The highest BCUT2D eigenvalue weighted by Gasteiger charge is 2.85. The maximum Gasteiger partial charge on any atom is 0.344 e. The van der Waals surface area contributed by atoms with E-state index in [4.69, 9.17) is 18.9 Å². The van der Waals surface area contributed by atoms with Crippen LogP contribution in [0.5, 0.6) is 0 Å². The van der Waals surface area contributed by atoms with E-state index >= 15 is 0 Å². The Bertz CT molecular complexity index is 1590. The number of aliphatic hydroxyl groups is 2. The van der Waals surface area contributed by atoms with Crippen LogP contribution >= 0.6 is 0 Å². The van der Waals surface area contributed by atoms with E-state index < -0.39 is 77.7 Å². The van der Waals surface area contributed by atoms with E-state index in [0.717, 1.165) is 11.6 Å². The first-order valence-electron chi connectivity index (χ1n) is 14.9. The molecule has 2 aliphatic heterocycles. The van der Waals surface area contributed by atoms with E-state index in [-0.39, 0.29) is 17.9 Å². The molecule has 2 heterocycles. The van der Waals surface area contributed by atoms with Crippen LogP contribution in [0.1, 0.15) is 37.8 Å². The summed E-state index contributed by atoms with van der Waals surface area (Å²) in [7, 11) is 0. The molecule has 256 valence electrons. The predicted molar refractivity (Wildman–Crippen MR) is 164 cm³/mol. The Morgan fingerprint density at radius 3 is 2.12 bits per heavy atom. The molecular weight excluding hydrogens is 632 g/mol. The molecule has 0 aromatic heterocycles. The highest BCUT2D eigenvalue weighted by molar-refractivity contribution is 5.98. The Labute approximate surface area is 274 Å². The second-order valence-corrected chi connectivity index (χ2v) is 11.8. The molecule has 48 heavy (non-hydrogen) atoms. The summed E-state index contributed by atoms with van der Waals surface area (Å²) in [6, 6.07) is 17.6. The van der Waals surface area contributed by atoms with Crippen LogP contribution in [0.3, 0.4) is 0 Å². The zero-order chi connectivity index (χ0) is 35.4. The number of aliphatic carboxylic acids is 3. The zero-order valence-corrected chi connectivity index (χ0v) is 26.1. The van der Waals surface area contributed by atoms with Gasteiger partial charge in [-0.3, -0.25) is 4.79 Å². The lowest BCUT2D eigenvalue weighted by Crippen LogP contribution is -2.78. The van der Waals surface area contributed by atoms with Gasteiger partial charge in [-0.05, 0) is 35.6 Å². The molecule has 2 fully saturated rings. The molecule has 2 saturated heterocycles. The summed E-state index contributed by atoms with van der Waals surface area (Å²) in [6.07, 6.45) is -6.84. The minimum Gasteiger partial charge on any atom is -0.479 e. The average Bonchev–Trinajstić information content (AvgIpc) is 3.25. The number of carbonyl (C=O) groups excluding carboxylic acids is 2. The van der Waals surface area contributed by atoms with Crippen molar-refractivity contribution < 1.29 is 68.5 Å². The van der Waals surface area contributed by atoms with Crippen LogP contribution in [-0.4, -0.2) is 96.8 Å². The number of aliphatic hydroxyl groups excluding tert-OH is 1. The van der Waals surface area contributed by atoms with Gasteiger partial charge in [-0.2, -0.15) is 0 Å². The number of fused-ring (bicyclic) bond motifs is 2. The molecule has 8 atom stereocenters. The molecule has 0 aliphatic carbocycles. The van der Waals surface area contributed by atoms with Gasteiger partial charge < -0.3 is 44.5 Å². The van der Waals surface area contributed by atoms with Crippen molar-refractivity contribution in [1.29, 1.82) is 0 Å². The first kappa shape index (κ1) is 36.0. The summed E-state index contributed by atoms with van der Waals surface area (Å²) < 4.78 is 21.9. The summed E-state index contributed by atoms with van der Waals surface area (Å²) in [5, 5.41) is 53.3. The first-order chi connectivity index (χ1) is 22.6. The van der Waals surface area contributed by atoms with Crippen LogP contribution in [0.4, 0.5) is 0 Å². The van der Waals surface area contributed by atoms with E-state index in [9.17, 15) is 49.5 Å². The van der Waals surface area contributed by atoms with Gasteiger partial charge in [0.1, 0.15) is 12.2 Å². The topological polar surface area (TPSA) is 223 Å². The quantitative estimate of drug-likeness (QED) is 0.110. The largest absolute Gasteiger partial charge is 0.479 e. The summed E-state index contributed by atoms with van der Waals surface area (Å²) in [5.41, 5.74) is -5.80. The van der Waals surface area contributed by atoms with Gasteiger partial charge >= 0.3 is 29.8 Å². The lowest BCUT2D eigenvalue weighted by atomic mass is 9.74. The molecule has 14 nitrogen and oxygen atoms in total. The van der Waals surface area contributed by atoms with Crippen molar-refractivity contribution in [3.05, 3.63) is 90.0 Å². The maximum atomic E-state index is 12.9. The Morgan fingerprint density at radius 1 is 0.979 bits per heavy atom. The normalized spacial score (nSPS) is 29.0. The van der Waals surface area contributed by atoms with E-state index in [1.54, 1.807) is 37.3 Å². The third kappa shape index (κ3) is 6.60. The van der Waals surface area contributed by atoms with Crippen molar-refractivity contribution >= 4 is 35.9 Å². The molecule has 14 heteroatoms. The lowest BCUT2D eigenvalue weighted by molar-refractivity contribution is -0.374. The summed E-state index contributed by atoms with van der Waals surface area (Å²) in [5.74, 6) is -11.7. The summed E-state index contributed by atoms with van der Waals surface area (Å²) in [4.78, 5) is 62.7. The van der Waals surface area contributed by atoms with Gasteiger partial charge in [0.15, 0.2) is 6.10 Å². The maximum absolute atomic E-state index is 12.9. The van der Waals surface area contributed by atoms with Crippen molar-refractivity contribution in [2.75, 3.05) is 0 Å². The molecule has 5 N–H and O–H groups in total. The predicted octanol–water partition coefficient (Wildman–Crippen LogP) is 1.97. The molecule has 0 saturated carbocycles. The average molecular weight is 669 g/mol. The monoisotopic (exact) mass is 668 g/mol. The smallest absolute Gasteiger partial charge is 0.344 e. The zero-order valence-electron chi connectivity index (χ0n) is 26.1. The molecule has 2 aromatic carbocycles. The van der Waals surface area contributed by atoms with E-state index in [2.05, 4.69) is 6.58 Å². The van der Waals surface area contributed by atoms with Gasteiger partial charge in [-0.1, -0.05) is 74.2 Å². The number of carbonyl (C=O) groups is 5. The van der Waals surface area contributed by atoms with E-state index in [1.807, 2.05) is 30.3 Å². The molecule has 0 amide bonds. The van der Waals surface area contributed by atoms with Crippen molar-refractivity contribution in [2.45, 2.75) is 74.5 Å². The molecule has 2 bridgehead atoms. The van der Waals surface area contributed by atoms with E-state index in [1.165, 1.54) is 13.0 Å². The van der Waals surface area contributed by atoms with Gasteiger partial charge in [0, 0.05) is 25.3 Å². The number of esters is 2. The highest BCUT2D eigenvalue weighted by atomic mass is 16.8. The fourth-order valence-corrected chi connectivity index (χ4v) is 6.19. The molecule has 2 aliphatic rings. The Balaban J connectivity index is 1.71. The minimum atomic E-state index is -3.92. The van der Waals surface area contributed by atoms with Crippen molar-refractivity contribution in [3.8, 4) is 0 Å². The molecular formula is C34H36O14. The SMILES string of the molecule is C=C(CC[C@]12O[C@H](C(=O)O)[C@@](O)(C(=O)O)[C@](C(=O)O)(O1)[C@H](OC(=O)C=Cc1ccccc1)[C@H]2O)[C@@H](OC(C)=O)[C@H](C)Cc1ccccc1. The minimum absolute atomic E-state index is 0.237. The van der Waals surface area contributed by atoms with Gasteiger partial charge in [-0.25, -0.2) is 19.2 Å². The van der Waals surface area contributed by atoms with Crippen LogP contribution in [0.2, 0.25) is 0 Å². The highest BCUT2D eigenvalue weighted by Crippen LogP contribution is 2.56. The molecule has 4 rings (SSSR count). The number of hydrogen-bond acceptors (Lipinski definition) is 11. The van der Waals surface area contributed by atoms with E-state index in [0.29, 0.717) is 12.0 Å². The van der Waals surface area contributed by atoms with Crippen LogP contribution < -0.4 is 0 Å². The molecule has 0 unspecified atom stereocenters. The number of benzene rings is 2. The third-order valence-corrected chi connectivity index (χ3v) is 8.46. The third-order valence-electron chi connectivity index (χ3n) is 8.46. The molecule has 0 spiro atoms. The van der Waals surface area contributed by atoms with Gasteiger partial charge in [-0.15, -0.1) is 0 Å². The molecule has 0 radical (unpaired) electrons. The number of rotatable bonds is 14. The Morgan fingerprint density at radius 2 is 1.58 bits per heavy atom. The second kappa shape index (κ2) is 14.1. The fraction of sp³-hybridized carbons (Fsp3) is 0.382. The van der Waals surface area contributed by atoms with Gasteiger partial charge in [0.05, 0.1) is 0 Å². The molecule has 2 aromatic rings. The number of hydrogen-bond donors (Lipinski definition) is 5. The van der Waals surface area contributed by atoms with Crippen molar-refractivity contribution in [3.63, 3.8) is 0 Å². The lowest BCUT2D eigenvalue weighted by Gasteiger charge is -2.48. The van der Waals surface area contributed by atoms with Crippen LogP contribution in [0, 0.1) is 5.92 Å². The summed E-state index contributed by atoms with van der Waals surface area (Å²) >= 11 is 0. The second-order valence-electron chi connectivity index (χ2n) is 11.8. The number of ether oxygens (including phenoxy) is 4.